The minimum Gasteiger partial charge on any atom is -0.481 e. The van der Waals surface area contributed by atoms with Crippen molar-refractivity contribution in [3.05, 3.63) is 24.4 Å². The predicted octanol–water partition coefficient (Wildman–Crippen LogP) is 8.45. The highest BCUT2D eigenvalue weighted by molar-refractivity contribution is 5.78. The highest BCUT2D eigenvalue weighted by atomic mass is 16.6. The number of aromatic nitrogens is 5. The molecule has 0 amide bonds. The van der Waals surface area contributed by atoms with Crippen LogP contribution in [0, 0.1) is 17.8 Å². The zero-order valence-electron chi connectivity index (χ0n) is 31.5. The van der Waals surface area contributed by atoms with Crippen LogP contribution in [0.2, 0.25) is 0 Å². The van der Waals surface area contributed by atoms with Gasteiger partial charge in [-0.3, -0.25) is 14.4 Å². The lowest BCUT2D eigenvalue weighted by Crippen LogP contribution is -2.27. The lowest BCUT2D eigenvalue weighted by molar-refractivity contribution is -0.160. The van der Waals surface area contributed by atoms with Crippen molar-refractivity contribution in [3.8, 4) is 0 Å². The zero-order valence-corrected chi connectivity index (χ0v) is 31.5. The van der Waals surface area contributed by atoms with Gasteiger partial charge in [-0.25, -0.2) is 9.67 Å². The summed E-state index contributed by atoms with van der Waals surface area (Å²) in [6.45, 7) is 11.4. The fourth-order valence-electron chi connectivity index (χ4n) is 7.01. The number of esters is 2. The van der Waals surface area contributed by atoms with Gasteiger partial charge in [0.1, 0.15) is 30.4 Å². The normalized spacial score (nSPS) is 17.3. The van der Waals surface area contributed by atoms with E-state index < -0.39 is 29.1 Å². The number of carboxylic acids is 1. The first kappa shape index (κ1) is 41.1. The Morgan fingerprint density at radius 1 is 0.840 bits per heavy atom. The molecule has 2 fully saturated rings. The smallest absolute Gasteiger partial charge is 0.307 e. The van der Waals surface area contributed by atoms with Crippen molar-refractivity contribution in [2.75, 3.05) is 0 Å². The molecule has 0 saturated heterocycles. The molecule has 2 aliphatic carbocycles. The molecule has 0 bridgehead atoms. The Morgan fingerprint density at radius 2 is 1.38 bits per heavy atom. The van der Waals surface area contributed by atoms with Crippen LogP contribution in [0.4, 0.5) is 0 Å². The molecule has 0 radical (unpaired) electrons. The van der Waals surface area contributed by atoms with Crippen LogP contribution in [0.25, 0.3) is 0 Å². The first-order valence-electron chi connectivity index (χ1n) is 19.0. The largest absolute Gasteiger partial charge is 0.481 e. The maximum absolute atomic E-state index is 12.4. The molecule has 12 heteroatoms. The first-order chi connectivity index (χ1) is 23.7. The number of nitrogens with zero attached hydrogens (tertiary/aromatic N) is 5. The molecule has 12 nitrogen and oxygen atoms in total. The van der Waals surface area contributed by atoms with Gasteiger partial charge in [-0.1, -0.05) is 95.0 Å². The summed E-state index contributed by atoms with van der Waals surface area (Å²) in [4.78, 5) is 43.9. The van der Waals surface area contributed by atoms with E-state index >= 15 is 0 Å². The molecule has 2 aromatic heterocycles. The van der Waals surface area contributed by atoms with Gasteiger partial charge >= 0.3 is 17.9 Å². The fourth-order valence-corrected chi connectivity index (χ4v) is 7.01. The zero-order chi connectivity index (χ0) is 36.6. The molecule has 2 heterocycles. The third-order valence-corrected chi connectivity index (χ3v) is 9.40. The second-order valence-electron chi connectivity index (χ2n) is 16.3. The maximum atomic E-state index is 12.4. The number of carboxylic acid groups (broad SMARTS) is 1. The lowest BCUT2D eigenvalue weighted by Gasteiger charge is -2.23. The van der Waals surface area contributed by atoms with Crippen molar-refractivity contribution in [3.63, 3.8) is 0 Å². The van der Waals surface area contributed by atoms with Gasteiger partial charge in [0, 0.05) is 5.92 Å². The van der Waals surface area contributed by atoms with Crippen molar-refractivity contribution >= 4 is 17.9 Å². The van der Waals surface area contributed by atoms with Gasteiger partial charge in [0.05, 0.1) is 18.8 Å². The molecule has 0 unspecified atom stereocenters. The Bertz CT molecular complexity index is 1270. The average molecular weight is 702 g/mol. The fraction of sp³-hybridized carbons (Fsp3) is 0.816. The minimum atomic E-state index is -0.885. The van der Waals surface area contributed by atoms with Gasteiger partial charge in [-0.2, -0.15) is 10.1 Å². The van der Waals surface area contributed by atoms with E-state index in [4.69, 9.17) is 14.0 Å². The van der Waals surface area contributed by atoms with Crippen molar-refractivity contribution in [2.24, 2.45) is 17.8 Å². The molecule has 0 aliphatic heterocycles. The summed E-state index contributed by atoms with van der Waals surface area (Å²) in [6, 6.07) is 0. The maximum Gasteiger partial charge on any atom is 0.307 e. The van der Waals surface area contributed by atoms with Crippen molar-refractivity contribution in [1.82, 2.24) is 24.9 Å². The minimum absolute atomic E-state index is 0.0166. The molecular formula is C38H63N5O7. The highest BCUT2D eigenvalue weighted by Gasteiger charge is 2.27. The van der Waals surface area contributed by atoms with E-state index in [2.05, 4.69) is 20.2 Å². The summed E-state index contributed by atoms with van der Waals surface area (Å²) in [7, 11) is 0. The van der Waals surface area contributed by atoms with Gasteiger partial charge in [0.15, 0.2) is 5.82 Å². The van der Waals surface area contributed by atoms with Gasteiger partial charge in [0.2, 0.25) is 5.89 Å². The van der Waals surface area contributed by atoms with Crippen molar-refractivity contribution < 1.29 is 33.5 Å². The number of hydrogen-bond donors (Lipinski definition) is 1. The third kappa shape index (κ3) is 17.1. The van der Waals surface area contributed by atoms with Crippen LogP contribution in [-0.2, 0) is 30.4 Å². The summed E-state index contributed by atoms with van der Waals surface area (Å²) in [6.07, 6.45) is 22.2. The van der Waals surface area contributed by atoms with Gasteiger partial charge in [-0.15, -0.1) is 0 Å². The van der Waals surface area contributed by atoms with Crippen LogP contribution < -0.4 is 0 Å². The Morgan fingerprint density at radius 3 is 1.88 bits per heavy atom. The molecule has 2 atom stereocenters. The Hall–Kier alpha value is -3.31. The number of carbonyl (C=O) groups excluding carboxylic acids is 2. The average Bonchev–Trinajstić information content (AvgIpc) is 3.72. The Kier molecular flexibility index (Phi) is 16.9. The molecule has 282 valence electrons. The van der Waals surface area contributed by atoms with Crippen molar-refractivity contribution in [1.29, 1.82) is 0 Å². The standard InChI is InChI=1S/C21H33N5O3.C17H30O4/c1-21(2,3)28-19(27)12-17(11-7-10-16-8-5-4-6-9-16)20-24-18(25-29-20)13-26-15-22-14-23-26;1-17(2,3)21-15(18)12-14(16(19)20)11-7-10-13-8-5-4-6-9-13/h14-17H,4-13H2,1-3H3;13-14H,4-12H2,1-3H3,(H,19,20)/t17-;14-/m11/s1. The molecule has 0 aromatic carbocycles. The SMILES string of the molecule is CC(C)(C)OC(=O)C[C@@H](CCCC1CCCCC1)C(=O)O.CC(C)(C)OC(=O)C[C@@H](CCCC1CCCCC1)c1nc(Cn2cncn2)no1. The van der Waals surface area contributed by atoms with Crippen LogP contribution in [0.5, 0.6) is 0 Å². The number of rotatable bonds is 16. The van der Waals surface area contributed by atoms with E-state index in [0.29, 0.717) is 24.7 Å². The van der Waals surface area contributed by atoms with Gasteiger partial charge in [-0.05, 0) is 66.2 Å². The van der Waals surface area contributed by atoms with Crippen LogP contribution in [0.1, 0.15) is 175 Å². The van der Waals surface area contributed by atoms with Crippen LogP contribution in [0.15, 0.2) is 17.2 Å². The van der Waals surface area contributed by atoms with Crippen LogP contribution >= 0.6 is 0 Å². The highest BCUT2D eigenvalue weighted by Crippen LogP contribution is 2.32. The Labute approximate surface area is 298 Å². The molecule has 4 rings (SSSR count). The summed E-state index contributed by atoms with van der Waals surface area (Å²) in [5, 5.41) is 17.4. The quantitative estimate of drug-likeness (QED) is 0.167. The molecular weight excluding hydrogens is 638 g/mol. The van der Waals surface area contributed by atoms with Gasteiger partial charge < -0.3 is 19.1 Å². The second kappa shape index (κ2) is 20.5. The van der Waals surface area contributed by atoms with E-state index in [9.17, 15) is 19.5 Å². The number of hydrogen-bond acceptors (Lipinski definition) is 10. The lowest BCUT2D eigenvalue weighted by atomic mass is 9.84. The molecule has 0 spiro atoms. The van der Waals surface area contributed by atoms with Gasteiger partial charge in [0.25, 0.3) is 0 Å². The van der Waals surface area contributed by atoms with Crippen LogP contribution in [-0.4, -0.2) is 59.1 Å². The predicted molar refractivity (Wildman–Crippen MR) is 189 cm³/mol. The number of aliphatic carboxylic acids is 1. The monoisotopic (exact) mass is 701 g/mol. The Balaban J connectivity index is 0.000000286. The molecule has 1 N–H and O–H groups in total. The van der Waals surface area contributed by atoms with E-state index in [-0.39, 0.29) is 24.7 Å². The van der Waals surface area contributed by atoms with Crippen molar-refractivity contribution in [2.45, 2.75) is 181 Å². The van der Waals surface area contributed by atoms with Crippen LogP contribution in [0.3, 0.4) is 0 Å². The topological polar surface area (TPSA) is 160 Å². The second-order valence-corrected chi connectivity index (χ2v) is 16.3. The number of carbonyl (C=O) groups is 3. The summed E-state index contributed by atoms with van der Waals surface area (Å²) in [5.74, 6) is 0.370. The molecule has 2 saturated carbocycles. The molecule has 2 aliphatic rings. The summed E-state index contributed by atoms with van der Waals surface area (Å²) < 4.78 is 17.9. The third-order valence-electron chi connectivity index (χ3n) is 9.40. The van der Waals surface area contributed by atoms with E-state index in [1.807, 2.05) is 20.8 Å². The van der Waals surface area contributed by atoms with E-state index in [1.54, 1.807) is 31.8 Å². The molecule has 50 heavy (non-hydrogen) atoms. The van der Waals surface area contributed by atoms with E-state index in [0.717, 1.165) is 37.5 Å². The molecule has 2 aromatic rings. The van der Waals surface area contributed by atoms with E-state index in [1.165, 1.54) is 77.0 Å². The summed E-state index contributed by atoms with van der Waals surface area (Å²) in [5.41, 5.74) is -1.06. The number of ether oxygens (including phenoxy) is 2. The summed E-state index contributed by atoms with van der Waals surface area (Å²) >= 11 is 0. The first-order valence-corrected chi connectivity index (χ1v) is 19.0.